The molecule has 2 heterocycles. The number of hydrogen-bond donors (Lipinski definition) is 1. The lowest BCUT2D eigenvalue weighted by atomic mass is 10.2. The summed E-state index contributed by atoms with van der Waals surface area (Å²) in [7, 11) is 0. The molecule has 0 aliphatic rings. The molecule has 0 radical (unpaired) electrons. The van der Waals surface area contributed by atoms with E-state index in [-0.39, 0.29) is 5.91 Å². The van der Waals surface area contributed by atoms with Gasteiger partial charge in [-0.2, -0.15) is 0 Å². The van der Waals surface area contributed by atoms with Crippen LogP contribution in [0.25, 0.3) is 10.6 Å². The average Bonchev–Trinajstić information content (AvgIpc) is 2.96. The van der Waals surface area contributed by atoms with Crippen molar-refractivity contribution in [3.05, 3.63) is 16.1 Å². The Morgan fingerprint density at radius 3 is 2.75 bits per heavy atom. The Bertz CT molecular complexity index is 589. The second kappa shape index (κ2) is 6.95. The van der Waals surface area contributed by atoms with Crippen molar-refractivity contribution in [2.45, 2.75) is 46.5 Å². The summed E-state index contributed by atoms with van der Waals surface area (Å²) in [5.41, 5.74) is 1.90. The van der Waals surface area contributed by atoms with Gasteiger partial charge in [-0.15, -0.1) is 22.7 Å². The number of carbonyl (C=O) groups is 1. The molecule has 6 heteroatoms. The largest absolute Gasteiger partial charge is 0.302 e. The third-order valence-corrected chi connectivity index (χ3v) is 4.75. The first kappa shape index (κ1) is 15.1. The van der Waals surface area contributed by atoms with Crippen LogP contribution in [0.15, 0.2) is 5.38 Å². The molecule has 0 fully saturated rings. The molecule has 108 valence electrons. The predicted octanol–water partition coefficient (Wildman–Crippen LogP) is 4.40. The second-order valence-corrected chi connectivity index (χ2v) is 6.75. The molecular formula is C14H19N3OS2. The van der Waals surface area contributed by atoms with Gasteiger partial charge in [0.15, 0.2) is 5.13 Å². The molecule has 4 nitrogen and oxygen atoms in total. The number of anilines is 1. The van der Waals surface area contributed by atoms with Crippen LogP contribution in [-0.2, 0) is 4.79 Å². The number of amides is 1. The quantitative estimate of drug-likeness (QED) is 0.804. The van der Waals surface area contributed by atoms with Crippen LogP contribution in [0.5, 0.6) is 0 Å². The Balaban J connectivity index is 1.99. The number of hydrogen-bond acceptors (Lipinski definition) is 5. The number of unbranched alkanes of at least 4 members (excludes halogenated alkanes) is 2. The van der Waals surface area contributed by atoms with Gasteiger partial charge in [-0.05, 0) is 20.3 Å². The number of rotatable bonds is 6. The molecule has 1 N–H and O–H groups in total. The standard InChI is InChI=1S/C14H19N3OS2/c1-4-5-6-7-12(18)17-14-16-11(8-19-14)13-9(2)15-10(3)20-13/h8H,4-7H2,1-3H3,(H,16,17,18). The SMILES string of the molecule is CCCCCC(=O)Nc1nc(-c2sc(C)nc2C)cs1. The highest BCUT2D eigenvalue weighted by Crippen LogP contribution is 2.32. The summed E-state index contributed by atoms with van der Waals surface area (Å²) < 4.78 is 0. The summed E-state index contributed by atoms with van der Waals surface area (Å²) in [5, 5.41) is 6.55. The highest BCUT2D eigenvalue weighted by atomic mass is 32.1. The van der Waals surface area contributed by atoms with E-state index in [2.05, 4.69) is 22.2 Å². The maximum atomic E-state index is 11.7. The van der Waals surface area contributed by atoms with Crippen molar-refractivity contribution in [2.75, 3.05) is 5.32 Å². The van der Waals surface area contributed by atoms with E-state index in [4.69, 9.17) is 0 Å². The fourth-order valence-corrected chi connectivity index (χ4v) is 3.59. The van der Waals surface area contributed by atoms with Gasteiger partial charge in [0.05, 0.1) is 21.3 Å². The van der Waals surface area contributed by atoms with Crippen molar-refractivity contribution < 1.29 is 4.79 Å². The molecular weight excluding hydrogens is 290 g/mol. The van der Waals surface area contributed by atoms with Crippen molar-refractivity contribution in [1.82, 2.24) is 9.97 Å². The van der Waals surface area contributed by atoms with Gasteiger partial charge in [0.25, 0.3) is 0 Å². The highest BCUT2D eigenvalue weighted by molar-refractivity contribution is 7.16. The summed E-state index contributed by atoms with van der Waals surface area (Å²) in [6, 6.07) is 0. The van der Waals surface area contributed by atoms with Crippen LogP contribution in [0.3, 0.4) is 0 Å². The Hall–Kier alpha value is -1.27. The minimum atomic E-state index is 0.0524. The molecule has 2 aromatic rings. The van der Waals surface area contributed by atoms with Gasteiger partial charge in [0, 0.05) is 11.8 Å². The third-order valence-electron chi connectivity index (χ3n) is 2.89. The molecule has 0 saturated carbocycles. The number of thiazole rings is 2. The Morgan fingerprint density at radius 1 is 1.30 bits per heavy atom. The van der Waals surface area contributed by atoms with Crippen molar-refractivity contribution in [3.8, 4) is 10.6 Å². The van der Waals surface area contributed by atoms with Gasteiger partial charge in [0.1, 0.15) is 0 Å². The second-order valence-electron chi connectivity index (χ2n) is 4.69. The zero-order valence-corrected chi connectivity index (χ0v) is 13.7. The smallest absolute Gasteiger partial charge is 0.226 e. The van der Waals surface area contributed by atoms with Crippen LogP contribution >= 0.6 is 22.7 Å². The van der Waals surface area contributed by atoms with Crippen molar-refractivity contribution in [1.29, 1.82) is 0 Å². The first-order valence-corrected chi connectivity index (χ1v) is 8.49. The summed E-state index contributed by atoms with van der Waals surface area (Å²) in [4.78, 5) is 21.7. The molecule has 2 rings (SSSR count). The normalized spacial score (nSPS) is 10.8. The van der Waals surface area contributed by atoms with E-state index in [1.807, 2.05) is 19.2 Å². The van der Waals surface area contributed by atoms with Crippen LogP contribution < -0.4 is 5.32 Å². The summed E-state index contributed by atoms with van der Waals surface area (Å²) in [5.74, 6) is 0.0524. The van der Waals surface area contributed by atoms with Crippen LogP contribution in [0.4, 0.5) is 5.13 Å². The predicted molar refractivity (Wildman–Crippen MR) is 85.5 cm³/mol. The third kappa shape index (κ3) is 3.86. The molecule has 0 bridgehead atoms. The van der Waals surface area contributed by atoms with Crippen molar-refractivity contribution in [2.24, 2.45) is 0 Å². The van der Waals surface area contributed by atoms with Crippen LogP contribution in [0.2, 0.25) is 0 Å². The molecule has 0 aliphatic carbocycles. The zero-order valence-electron chi connectivity index (χ0n) is 12.0. The fourth-order valence-electron chi connectivity index (χ4n) is 1.92. The van der Waals surface area contributed by atoms with Crippen LogP contribution in [0.1, 0.15) is 43.3 Å². The van der Waals surface area contributed by atoms with Gasteiger partial charge in [-0.25, -0.2) is 9.97 Å². The summed E-state index contributed by atoms with van der Waals surface area (Å²) >= 11 is 3.10. The average molecular weight is 309 g/mol. The number of nitrogens with zero attached hydrogens (tertiary/aromatic N) is 2. The molecule has 0 atom stereocenters. The maximum absolute atomic E-state index is 11.7. The molecule has 0 unspecified atom stereocenters. The number of nitrogens with one attached hydrogen (secondary N) is 1. The Labute approximate surface area is 127 Å². The van der Waals surface area contributed by atoms with Gasteiger partial charge in [-0.3, -0.25) is 4.79 Å². The van der Waals surface area contributed by atoms with Crippen LogP contribution in [-0.4, -0.2) is 15.9 Å². The van der Waals surface area contributed by atoms with E-state index >= 15 is 0 Å². The summed E-state index contributed by atoms with van der Waals surface area (Å²) in [6.07, 6.45) is 3.73. The van der Waals surface area contributed by atoms with Gasteiger partial charge >= 0.3 is 0 Å². The van der Waals surface area contributed by atoms with E-state index in [1.54, 1.807) is 11.3 Å². The van der Waals surface area contributed by atoms with Crippen molar-refractivity contribution in [3.63, 3.8) is 0 Å². The topological polar surface area (TPSA) is 54.9 Å². The van der Waals surface area contributed by atoms with Gasteiger partial charge in [-0.1, -0.05) is 19.8 Å². The lowest BCUT2D eigenvalue weighted by Crippen LogP contribution is -2.10. The molecule has 20 heavy (non-hydrogen) atoms. The maximum Gasteiger partial charge on any atom is 0.226 e. The van der Waals surface area contributed by atoms with Crippen molar-refractivity contribution >= 4 is 33.7 Å². The Kier molecular flexibility index (Phi) is 5.25. The molecule has 0 spiro atoms. The monoisotopic (exact) mass is 309 g/mol. The van der Waals surface area contributed by atoms with Gasteiger partial charge in [0.2, 0.25) is 5.91 Å². The number of aryl methyl sites for hydroxylation is 2. The lowest BCUT2D eigenvalue weighted by Gasteiger charge is -2.00. The van der Waals surface area contributed by atoms with Gasteiger partial charge < -0.3 is 5.32 Å². The molecule has 1 amide bonds. The fraction of sp³-hybridized carbons (Fsp3) is 0.500. The molecule has 0 saturated heterocycles. The van der Waals surface area contributed by atoms with E-state index in [1.165, 1.54) is 11.3 Å². The van der Waals surface area contributed by atoms with Crippen LogP contribution in [0, 0.1) is 13.8 Å². The van der Waals surface area contributed by atoms with E-state index in [9.17, 15) is 4.79 Å². The minimum absolute atomic E-state index is 0.0524. The van der Waals surface area contributed by atoms with E-state index in [0.29, 0.717) is 11.6 Å². The molecule has 0 aliphatic heterocycles. The first-order valence-electron chi connectivity index (χ1n) is 6.80. The first-order chi connectivity index (χ1) is 9.60. The number of carbonyl (C=O) groups excluding carboxylic acids is 1. The lowest BCUT2D eigenvalue weighted by molar-refractivity contribution is -0.116. The van der Waals surface area contributed by atoms with E-state index in [0.717, 1.165) is 40.5 Å². The highest BCUT2D eigenvalue weighted by Gasteiger charge is 2.12. The minimum Gasteiger partial charge on any atom is -0.302 e. The zero-order chi connectivity index (χ0) is 14.5. The van der Waals surface area contributed by atoms with E-state index < -0.39 is 0 Å². The molecule has 0 aromatic carbocycles. The Morgan fingerprint density at radius 2 is 2.10 bits per heavy atom. The summed E-state index contributed by atoms with van der Waals surface area (Å²) in [6.45, 7) is 6.11. The molecule has 2 aromatic heterocycles. The number of aromatic nitrogens is 2.